The summed E-state index contributed by atoms with van der Waals surface area (Å²) in [4.78, 5) is 11.2. The van der Waals surface area contributed by atoms with Crippen LogP contribution in [0.15, 0.2) is 36.4 Å². The van der Waals surface area contributed by atoms with E-state index in [0.717, 1.165) is 0 Å². The Morgan fingerprint density at radius 3 is 2.52 bits per heavy atom. The lowest BCUT2D eigenvalue weighted by Crippen LogP contribution is -2.02. The zero-order valence-electron chi connectivity index (χ0n) is 11.4. The fraction of sp³-hybridized carbons (Fsp3) is 0.133. The molecule has 0 bridgehead atoms. The van der Waals surface area contributed by atoms with Crippen molar-refractivity contribution in [2.75, 3.05) is 12.8 Å². The second kappa shape index (κ2) is 6.15. The molecule has 2 aromatic rings. The first kappa shape index (κ1) is 14.7. The fourth-order valence-corrected chi connectivity index (χ4v) is 1.81. The second-order valence-corrected chi connectivity index (χ2v) is 4.31. The Kier molecular flexibility index (Phi) is 4.30. The Morgan fingerprint density at radius 1 is 1.14 bits per heavy atom. The molecule has 0 aromatic heterocycles. The third kappa shape index (κ3) is 3.24. The number of nitrogen functional groups attached to an aromatic ring is 1. The molecule has 0 atom stereocenters. The highest BCUT2D eigenvalue weighted by atomic mass is 16.5. The third-order valence-electron chi connectivity index (χ3n) is 2.87. The maximum absolute atomic E-state index is 11.2. The van der Waals surface area contributed by atoms with Gasteiger partial charge in [0.05, 0.1) is 13.7 Å². The number of carboxylic acids is 1. The summed E-state index contributed by atoms with van der Waals surface area (Å²) in [6.45, 7) is -0.130. The molecule has 6 heteroatoms. The number of carbonyl (C=O) groups is 1. The first-order valence-corrected chi connectivity index (χ1v) is 6.13. The number of methoxy groups -OCH3 is 1. The van der Waals surface area contributed by atoms with E-state index in [1.165, 1.54) is 25.3 Å². The minimum atomic E-state index is -1.11. The van der Waals surface area contributed by atoms with Gasteiger partial charge in [0, 0.05) is 11.8 Å². The van der Waals surface area contributed by atoms with Gasteiger partial charge in [0.1, 0.15) is 11.3 Å². The summed E-state index contributed by atoms with van der Waals surface area (Å²) in [5.41, 5.74) is 6.71. The van der Waals surface area contributed by atoms with Gasteiger partial charge in [-0.05, 0) is 29.8 Å². The molecule has 0 spiro atoms. The van der Waals surface area contributed by atoms with E-state index in [2.05, 4.69) is 0 Å². The van der Waals surface area contributed by atoms with Gasteiger partial charge in [0.25, 0.3) is 0 Å². The Labute approximate surface area is 121 Å². The molecule has 0 saturated carbocycles. The monoisotopic (exact) mass is 289 g/mol. The van der Waals surface area contributed by atoms with Crippen molar-refractivity contribution in [3.05, 3.63) is 47.5 Å². The van der Waals surface area contributed by atoms with Crippen LogP contribution in [-0.4, -0.2) is 23.3 Å². The van der Waals surface area contributed by atoms with Crippen molar-refractivity contribution < 1.29 is 24.5 Å². The molecule has 2 rings (SSSR count). The Morgan fingerprint density at radius 2 is 1.90 bits per heavy atom. The Bertz CT molecular complexity index is 669. The van der Waals surface area contributed by atoms with Gasteiger partial charge >= 0.3 is 5.97 Å². The number of benzene rings is 2. The number of hydrogen-bond donors (Lipinski definition) is 3. The van der Waals surface area contributed by atoms with Crippen molar-refractivity contribution in [1.82, 2.24) is 0 Å². The first-order valence-electron chi connectivity index (χ1n) is 6.13. The molecule has 0 amide bonds. The van der Waals surface area contributed by atoms with Crippen molar-refractivity contribution in [1.29, 1.82) is 0 Å². The average Bonchev–Trinajstić information content (AvgIpc) is 2.47. The molecule has 0 fully saturated rings. The number of rotatable bonds is 5. The predicted octanol–water partition coefficient (Wildman–Crippen LogP) is 2.26. The number of anilines is 1. The molecule has 0 aliphatic carbocycles. The predicted molar refractivity (Wildman–Crippen MR) is 76.8 cm³/mol. The molecule has 6 nitrogen and oxygen atoms in total. The summed E-state index contributed by atoms with van der Waals surface area (Å²) >= 11 is 0. The molecule has 0 heterocycles. The van der Waals surface area contributed by atoms with Crippen LogP contribution in [0, 0.1) is 0 Å². The molecule has 0 aliphatic heterocycles. The first-order chi connectivity index (χ1) is 10.0. The normalized spacial score (nSPS) is 10.2. The molecule has 21 heavy (non-hydrogen) atoms. The summed E-state index contributed by atoms with van der Waals surface area (Å²) < 4.78 is 10.8. The van der Waals surface area contributed by atoms with Crippen molar-refractivity contribution in [2.24, 2.45) is 0 Å². The van der Waals surface area contributed by atoms with Gasteiger partial charge in [-0.1, -0.05) is 6.07 Å². The maximum Gasteiger partial charge on any atom is 0.339 e. The quantitative estimate of drug-likeness (QED) is 0.730. The Balaban J connectivity index is 2.42. The van der Waals surface area contributed by atoms with Crippen LogP contribution in [0.3, 0.4) is 0 Å². The number of hydrogen-bond acceptors (Lipinski definition) is 5. The fourth-order valence-electron chi connectivity index (χ4n) is 1.81. The molecule has 4 N–H and O–H groups in total. The van der Waals surface area contributed by atoms with E-state index < -0.39 is 5.97 Å². The van der Waals surface area contributed by atoms with Crippen LogP contribution in [0.4, 0.5) is 5.69 Å². The highest BCUT2D eigenvalue weighted by molar-refractivity contribution is 5.91. The van der Waals surface area contributed by atoms with Crippen molar-refractivity contribution in [3.8, 4) is 17.2 Å². The van der Waals surface area contributed by atoms with E-state index >= 15 is 0 Å². The zero-order chi connectivity index (χ0) is 15.4. The number of aliphatic hydroxyl groups is 1. The lowest BCUT2D eigenvalue weighted by Gasteiger charge is -2.13. The van der Waals surface area contributed by atoms with E-state index in [4.69, 9.17) is 25.4 Å². The summed E-state index contributed by atoms with van der Waals surface area (Å²) in [5, 5.41) is 18.3. The topological polar surface area (TPSA) is 102 Å². The number of aromatic carboxylic acids is 1. The van der Waals surface area contributed by atoms with E-state index in [-0.39, 0.29) is 17.9 Å². The van der Waals surface area contributed by atoms with Gasteiger partial charge in [-0.3, -0.25) is 0 Å². The number of nitrogens with two attached hydrogens (primary N) is 1. The molecule has 0 saturated heterocycles. The number of carboxylic acid groups (broad SMARTS) is 1. The second-order valence-electron chi connectivity index (χ2n) is 4.31. The zero-order valence-corrected chi connectivity index (χ0v) is 11.4. The highest BCUT2D eigenvalue weighted by Crippen LogP contribution is 2.34. The van der Waals surface area contributed by atoms with Gasteiger partial charge in [0.15, 0.2) is 11.5 Å². The lowest BCUT2D eigenvalue weighted by molar-refractivity contribution is 0.0694. The van der Waals surface area contributed by atoms with E-state index in [1.807, 2.05) is 0 Å². The van der Waals surface area contributed by atoms with E-state index in [1.54, 1.807) is 18.2 Å². The highest BCUT2D eigenvalue weighted by Gasteiger charge is 2.14. The van der Waals surface area contributed by atoms with Gasteiger partial charge < -0.3 is 25.4 Å². The smallest absolute Gasteiger partial charge is 0.339 e. The average molecular weight is 289 g/mol. The third-order valence-corrected chi connectivity index (χ3v) is 2.87. The summed E-state index contributed by atoms with van der Waals surface area (Å²) in [7, 11) is 1.46. The largest absolute Gasteiger partial charge is 0.493 e. The molecule has 2 aromatic carbocycles. The van der Waals surface area contributed by atoms with Crippen LogP contribution in [0.25, 0.3) is 0 Å². The van der Waals surface area contributed by atoms with Crippen LogP contribution < -0.4 is 15.2 Å². The van der Waals surface area contributed by atoms with Crippen LogP contribution in [0.2, 0.25) is 0 Å². The molecule has 0 aliphatic rings. The molecular formula is C15H15NO5. The summed E-state index contributed by atoms with van der Waals surface area (Å²) in [5.74, 6) is -0.267. The molecule has 0 radical (unpaired) electrons. The minimum Gasteiger partial charge on any atom is -0.493 e. The SMILES string of the molecule is COc1cc(CO)ccc1Oc1cc(N)ccc1C(=O)O. The van der Waals surface area contributed by atoms with Gasteiger partial charge in [-0.2, -0.15) is 0 Å². The summed E-state index contributed by atoms with van der Waals surface area (Å²) in [6, 6.07) is 9.17. The van der Waals surface area contributed by atoms with Crippen molar-refractivity contribution in [2.45, 2.75) is 6.61 Å². The minimum absolute atomic E-state index is 0.00233. The number of ether oxygens (including phenoxy) is 2. The Hall–Kier alpha value is -2.73. The van der Waals surface area contributed by atoms with Gasteiger partial charge in [-0.15, -0.1) is 0 Å². The van der Waals surface area contributed by atoms with Crippen LogP contribution in [-0.2, 0) is 6.61 Å². The molecular weight excluding hydrogens is 274 g/mol. The molecule has 0 unspecified atom stereocenters. The molecule has 110 valence electrons. The van der Waals surface area contributed by atoms with Crippen molar-refractivity contribution >= 4 is 11.7 Å². The van der Waals surface area contributed by atoms with Crippen LogP contribution in [0.1, 0.15) is 15.9 Å². The van der Waals surface area contributed by atoms with E-state index in [9.17, 15) is 4.79 Å². The van der Waals surface area contributed by atoms with Gasteiger partial charge in [-0.25, -0.2) is 4.79 Å². The number of aliphatic hydroxyl groups excluding tert-OH is 1. The summed E-state index contributed by atoms with van der Waals surface area (Å²) in [6.07, 6.45) is 0. The van der Waals surface area contributed by atoms with Crippen LogP contribution >= 0.6 is 0 Å². The lowest BCUT2D eigenvalue weighted by atomic mass is 10.1. The van der Waals surface area contributed by atoms with Crippen molar-refractivity contribution in [3.63, 3.8) is 0 Å². The van der Waals surface area contributed by atoms with Gasteiger partial charge in [0.2, 0.25) is 0 Å². The van der Waals surface area contributed by atoms with Crippen LogP contribution in [0.5, 0.6) is 17.2 Å². The van der Waals surface area contributed by atoms with E-state index in [0.29, 0.717) is 22.7 Å². The standard InChI is InChI=1S/C15H15NO5/c1-20-14-6-9(8-17)2-5-12(14)21-13-7-10(16)3-4-11(13)15(18)19/h2-7,17H,8,16H2,1H3,(H,18,19). The maximum atomic E-state index is 11.2.